The highest BCUT2D eigenvalue weighted by molar-refractivity contribution is 5.96. The zero-order valence-electron chi connectivity index (χ0n) is 19.7. The van der Waals surface area contributed by atoms with Crippen molar-refractivity contribution >= 4 is 53.4 Å². The van der Waals surface area contributed by atoms with Gasteiger partial charge in [0, 0.05) is 24.5 Å². The van der Waals surface area contributed by atoms with Gasteiger partial charge in [-0.25, -0.2) is 15.0 Å². The number of aryl methyl sites for hydroxylation is 1. The number of rotatable bonds is 8. The van der Waals surface area contributed by atoms with E-state index in [0.717, 1.165) is 55.0 Å². The standard InChI is InChI=1S/C23H33N7O2.2ClH/c1-14-7-8-16-15(11-14)19(28-17-5-3-4-6-18(17)29-22(24)25)30-20(27-16)21(31)26-12-23(9-10-23)13-32-2;;/h7-8,11,17-18H,3-6,9-10,12-13H2,1-2H3,(H,26,31)(H4,24,25,29)(H,27,28,30);2*1H/t17-,18+;;/m0../s1. The summed E-state index contributed by atoms with van der Waals surface area (Å²) >= 11 is 0. The number of benzene rings is 1. The van der Waals surface area contributed by atoms with Crippen LogP contribution in [0.1, 0.15) is 54.7 Å². The molecule has 2 saturated carbocycles. The fourth-order valence-electron chi connectivity index (χ4n) is 4.46. The molecule has 2 aromatic rings. The minimum Gasteiger partial charge on any atom is -0.384 e. The van der Waals surface area contributed by atoms with Gasteiger partial charge in [0.2, 0.25) is 5.82 Å². The van der Waals surface area contributed by atoms with Crippen LogP contribution < -0.4 is 22.1 Å². The largest absolute Gasteiger partial charge is 0.384 e. The lowest BCUT2D eigenvalue weighted by Crippen LogP contribution is -2.39. The second-order valence-corrected chi connectivity index (χ2v) is 9.19. The number of carbonyl (C=O) groups excluding carboxylic acids is 1. The molecule has 0 aliphatic heterocycles. The van der Waals surface area contributed by atoms with Crippen LogP contribution >= 0.6 is 24.8 Å². The molecule has 0 unspecified atom stereocenters. The molecule has 188 valence electrons. The Balaban J connectivity index is 0.00000204. The van der Waals surface area contributed by atoms with Crippen molar-refractivity contribution in [1.82, 2.24) is 15.3 Å². The molecule has 34 heavy (non-hydrogen) atoms. The number of carbonyl (C=O) groups is 1. The molecule has 0 radical (unpaired) electrons. The van der Waals surface area contributed by atoms with E-state index in [2.05, 4.69) is 25.6 Å². The van der Waals surface area contributed by atoms with Gasteiger partial charge in [0.25, 0.3) is 5.91 Å². The highest BCUT2D eigenvalue weighted by Gasteiger charge is 2.43. The van der Waals surface area contributed by atoms with Gasteiger partial charge in [-0.15, -0.1) is 24.8 Å². The molecule has 1 amide bonds. The summed E-state index contributed by atoms with van der Waals surface area (Å²) in [7, 11) is 1.69. The number of hydrogen-bond acceptors (Lipinski definition) is 6. The lowest BCUT2D eigenvalue weighted by molar-refractivity contribution is 0.0909. The van der Waals surface area contributed by atoms with E-state index in [1.54, 1.807) is 7.11 Å². The van der Waals surface area contributed by atoms with Gasteiger partial charge in [0.05, 0.1) is 24.2 Å². The van der Waals surface area contributed by atoms with Gasteiger partial charge >= 0.3 is 0 Å². The van der Waals surface area contributed by atoms with Crippen LogP contribution in [0.4, 0.5) is 5.82 Å². The number of nitrogens with zero attached hydrogens (tertiary/aromatic N) is 3. The molecular formula is C23H35Cl2N7O2. The third-order valence-electron chi connectivity index (χ3n) is 6.45. The van der Waals surface area contributed by atoms with Gasteiger partial charge in [-0.1, -0.05) is 24.5 Å². The fraction of sp³-hybridized carbons (Fsp3) is 0.565. The number of nitrogens with two attached hydrogens (primary N) is 2. The number of halogens is 2. The van der Waals surface area contributed by atoms with Gasteiger partial charge in [-0.2, -0.15) is 0 Å². The lowest BCUT2D eigenvalue weighted by atomic mass is 9.90. The maximum absolute atomic E-state index is 12.9. The highest BCUT2D eigenvalue weighted by Crippen LogP contribution is 2.45. The predicted molar refractivity (Wildman–Crippen MR) is 140 cm³/mol. The Bertz CT molecular complexity index is 1030. The molecule has 2 aliphatic carbocycles. The SMILES string of the molecule is COCC1(CNC(=O)c2nc(N[C@H]3CCCC[C@H]3N=C(N)N)c3cc(C)ccc3n2)CC1.Cl.Cl. The normalized spacial score (nSPS) is 20.4. The quantitative estimate of drug-likeness (QED) is 0.315. The number of methoxy groups -OCH3 is 1. The third-order valence-corrected chi connectivity index (χ3v) is 6.45. The summed E-state index contributed by atoms with van der Waals surface area (Å²) in [5.41, 5.74) is 13.2. The van der Waals surface area contributed by atoms with E-state index < -0.39 is 0 Å². The summed E-state index contributed by atoms with van der Waals surface area (Å²) in [4.78, 5) is 26.5. The lowest BCUT2D eigenvalue weighted by Gasteiger charge is -2.30. The Hall–Kier alpha value is -2.36. The Morgan fingerprint density at radius 1 is 1.21 bits per heavy atom. The van der Waals surface area contributed by atoms with Crippen molar-refractivity contribution in [2.45, 2.75) is 57.5 Å². The van der Waals surface area contributed by atoms with Crippen LogP contribution in [0.5, 0.6) is 0 Å². The summed E-state index contributed by atoms with van der Waals surface area (Å²) in [5, 5.41) is 7.42. The van der Waals surface area contributed by atoms with E-state index in [-0.39, 0.29) is 60.0 Å². The van der Waals surface area contributed by atoms with Crippen LogP contribution in [0.2, 0.25) is 0 Å². The number of nitrogens with one attached hydrogen (secondary N) is 2. The summed E-state index contributed by atoms with van der Waals surface area (Å²) < 4.78 is 5.30. The Morgan fingerprint density at radius 2 is 1.94 bits per heavy atom. The highest BCUT2D eigenvalue weighted by atomic mass is 35.5. The van der Waals surface area contributed by atoms with E-state index in [0.29, 0.717) is 19.0 Å². The third kappa shape index (κ3) is 6.61. The van der Waals surface area contributed by atoms with Crippen molar-refractivity contribution in [2.24, 2.45) is 21.9 Å². The fourth-order valence-corrected chi connectivity index (χ4v) is 4.46. The zero-order chi connectivity index (χ0) is 22.7. The molecule has 9 nitrogen and oxygen atoms in total. The van der Waals surface area contributed by atoms with Crippen LogP contribution in [0, 0.1) is 12.3 Å². The number of aromatic nitrogens is 2. The van der Waals surface area contributed by atoms with Crippen molar-refractivity contribution in [3.8, 4) is 0 Å². The van der Waals surface area contributed by atoms with Gasteiger partial charge < -0.3 is 26.8 Å². The van der Waals surface area contributed by atoms with E-state index in [4.69, 9.17) is 16.2 Å². The second kappa shape index (κ2) is 11.9. The van der Waals surface area contributed by atoms with Gasteiger partial charge in [-0.3, -0.25) is 4.79 Å². The van der Waals surface area contributed by atoms with E-state index in [9.17, 15) is 4.79 Å². The molecule has 1 aromatic carbocycles. The summed E-state index contributed by atoms with van der Waals surface area (Å²) in [6.45, 7) is 3.23. The first-order valence-corrected chi connectivity index (χ1v) is 11.3. The summed E-state index contributed by atoms with van der Waals surface area (Å²) in [5.74, 6) is 0.621. The van der Waals surface area contributed by atoms with E-state index in [1.807, 2.05) is 25.1 Å². The first-order valence-electron chi connectivity index (χ1n) is 11.3. The molecule has 6 N–H and O–H groups in total. The van der Waals surface area contributed by atoms with Crippen LogP contribution in [-0.2, 0) is 4.74 Å². The van der Waals surface area contributed by atoms with Crippen molar-refractivity contribution < 1.29 is 9.53 Å². The number of ether oxygens (including phenoxy) is 1. The smallest absolute Gasteiger partial charge is 0.289 e. The summed E-state index contributed by atoms with van der Waals surface area (Å²) in [6, 6.07) is 5.97. The number of fused-ring (bicyclic) bond motifs is 1. The molecular weight excluding hydrogens is 477 g/mol. The Labute approximate surface area is 212 Å². The van der Waals surface area contributed by atoms with Crippen LogP contribution in [0.25, 0.3) is 10.9 Å². The number of hydrogen-bond donors (Lipinski definition) is 4. The first kappa shape index (κ1) is 27.9. The van der Waals surface area contributed by atoms with Gasteiger partial charge in [0.15, 0.2) is 5.96 Å². The molecule has 4 rings (SSSR count). The zero-order valence-corrected chi connectivity index (χ0v) is 21.3. The van der Waals surface area contributed by atoms with Crippen molar-refractivity contribution in [3.63, 3.8) is 0 Å². The Morgan fingerprint density at radius 3 is 2.62 bits per heavy atom. The molecule has 1 aromatic heterocycles. The van der Waals surface area contributed by atoms with Crippen LogP contribution in [0.3, 0.4) is 0 Å². The molecule has 0 saturated heterocycles. The summed E-state index contributed by atoms with van der Waals surface area (Å²) in [6.07, 6.45) is 6.12. The average Bonchev–Trinajstić information content (AvgIpc) is 3.53. The maximum atomic E-state index is 12.9. The second-order valence-electron chi connectivity index (χ2n) is 9.19. The monoisotopic (exact) mass is 511 g/mol. The number of aliphatic imine (C=N–C) groups is 1. The first-order chi connectivity index (χ1) is 15.4. The maximum Gasteiger partial charge on any atom is 0.289 e. The Kier molecular flexibility index (Phi) is 9.73. The van der Waals surface area contributed by atoms with E-state index >= 15 is 0 Å². The molecule has 11 heteroatoms. The van der Waals surface area contributed by atoms with Crippen molar-refractivity contribution in [2.75, 3.05) is 25.6 Å². The number of anilines is 1. The van der Waals surface area contributed by atoms with Crippen LogP contribution in [0.15, 0.2) is 23.2 Å². The molecule has 2 atom stereocenters. The molecule has 1 heterocycles. The predicted octanol–water partition coefficient (Wildman–Crippen LogP) is 2.93. The molecule has 0 spiro atoms. The van der Waals surface area contributed by atoms with Gasteiger partial charge in [0.1, 0.15) is 5.82 Å². The van der Waals surface area contributed by atoms with Crippen molar-refractivity contribution in [1.29, 1.82) is 0 Å². The minimum atomic E-state index is -0.276. The van der Waals surface area contributed by atoms with Crippen LogP contribution in [-0.4, -0.2) is 54.2 Å². The molecule has 0 bridgehead atoms. The van der Waals surface area contributed by atoms with E-state index in [1.165, 1.54) is 0 Å². The minimum absolute atomic E-state index is 0. The van der Waals surface area contributed by atoms with Crippen molar-refractivity contribution in [3.05, 3.63) is 29.6 Å². The molecule has 2 fully saturated rings. The average molecular weight is 512 g/mol. The molecule has 2 aliphatic rings. The topological polar surface area (TPSA) is 141 Å². The number of amides is 1. The number of guanidine groups is 1. The van der Waals surface area contributed by atoms with Gasteiger partial charge in [-0.05, 0) is 44.7 Å².